The number of benzene rings is 1. The van der Waals surface area contributed by atoms with E-state index < -0.39 is 9.04 Å². The molecule has 2 nitrogen and oxygen atoms in total. The van der Waals surface area contributed by atoms with Gasteiger partial charge < -0.3 is 10.2 Å². The molecule has 0 amide bonds. The van der Waals surface area contributed by atoms with Crippen molar-refractivity contribution < 1.29 is 4.43 Å². The first-order chi connectivity index (χ1) is 5.38. The summed E-state index contributed by atoms with van der Waals surface area (Å²) in [5, 5.41) is 1.28. The normalized spacial score (nSPS) is 12.9. The first-order valence-electron chi connectivity index (χ1n) is 3.66. The minimum Gasteiger partial charge on any atom is -0.417 e. The van der Waals surface area contributed by atoms with Crippen molar-refractivity contribution in [2.45, 2.75) is 0 Å². The fourth-order valence-electron chi connectivity index (χ4n) is 1.04. The summed E-state index contributed by atoms with van der Waals surface area (Å²) in [6, 6.07) is 10.2. The zero-order chi connectivity index (χ0) is 8.10. The van der Waals surface area contributed by atoms with Crippen molar-refractivity contribution in [2.24, 2.45) is 5.73 Å². The maximum absolute atomic E-state index is 5.55. The van der Waals surface area contributed by atoms with E-state index in [0.717, 1.165) is 0 Å². The van der Waals surface area contributed by atoms with E-state index in [-0.39, 0.29) is 0 Å². The van der Waals surface area contributed by atoms with Crippen LogP contribution in [-0.4, -0.2) is 22.3 Å². The molecule has 0 fully saturated rings. The van der Waals surface area contributed by atoms with Crippen LogP contribution in [0.25, 0.3) is 0 Å². The largest absolute Gasteiger partial charge is 0.417 e. The van der Waals surface area contributed by atoms with Gasteiger partial charge in [0.05, 0.1) is 0 Å². The van der Waals surface area contributed by atoms with Crippen LogP contribution < -0.4 is 10.9 Å². The molecule has 2 N–H and O–H groups in total. The molecule has 1 atom stereocenters. The Labute approximate surface area is 68.7 Å². The smallest absolute Gasteiger partial charge is 0.220 e. The lowest BCUT2D eigenvalue weighted by Crippen LogP contribution is -2.39. The molecule has 1 aromatic carbocycles. The van der Waals surface area contributed by atoms with Gasteiger partial charge >= 0.3 is 0 Å². The van der Waals surface area contributed by atoms with Gasteiger partial charge in [0.25, 0.3) is 0 Å². The second kappa shape index (κ2) is 4.28. The predicted octanol–water partition coefficient (Wildman–Crippen LogP) is -0.238. The Morgan fingerprint density at radius 2 is 2.00 bits per heavy atom. The van der Waals surface area contributed by atoms with Gasteiger partial charge in [0.15, 0.2) is 0 Å². The minimum atomic E-state index is -1.27. The van der Waals surface area contributed by atoms with Gasteiger partial charge in [-0.3, -0.25) is 0 Å². The molecule has 60 valence electrons. The molecule has 1 unspecified atom stereocenters. The standard InChI is InChI=1S/C8H13NOSi/c1-10-11(7-9)8-5-3-2-4-6-8/h2-6,11H,7,9H2,1H3. The van der Waals surface area contributed by atoms with E-state index in [0.29, 0.717) is 6.17 Å². The average molecular weight is 167 g/mol. The molecule has 3 heteroatoms. The van der Waals surface area contributed by atoms with Gasteiger partial charge in [0, 0.05) is 13.3 Å². The van der Waals surface area contributed by atoms with Gasteiger partial charge in [-0.15, -0.1) is 0 Å². The number of hydrogen-bond acceptors (Lipinski definition) is 2. The molecule has 0 saturated carbocycles. The van der Waals surface area contributed by atoms with Gasteiger partial charge in [-0.25, -0.2) is 0 Å². The van der Waals surface area contributed by atoms with Crippen molar-refractivity contribution in [3.05, 3.63) is 30.3 Å². The van der Waals surface area contributed by atoms with Gasteiger partial charge in [0.1, 0.15) is 0 Å². The molecular weight excluding hydrogens is 154 g/mol. The van der Waals surface area contributed by atoms with Crippen LogP contribution in [0.4, 0.5) is 0 Å². The summed E-state index contributed by atoms with van der Waals surface area (Å²) in [4.78, 5) is 0. The molecule has 0 heterocycles. The Balaban J connectivity index is 2.74. The zero-order valence-corrected chi connectivity index (χ0v) is 7.81. The monoisotopic (exact) mass is 167 g/mol. The summed E-state index contributed by atoms with van der Waals surface area (Å²) < 4.78 is 5.30. The van der Waals surface area contributed by atoms with Crippen LogP contribution in [-0.2, 0) is 4.43 Å². The second-order valence-electron chi connectivity index (χ2n) is 2.37. The first-order valence-corrected chi connectivity index (χ1v) is 5.53. The third-order valence-electron chi connectivity index (χ3n) is 1.67. The average Bonchev–Trinajstić information content (AvgIpc) is 2.09. The SMILES string of the molecule is CO[SiH](CN)c1ccccc1. The molecule has 0 saturated heterocycles. The molecule has 1 aromatic rings. The van der Waals surface area contributed by atoms with Crippen molar-refractivity contribution in [1.29, 1.82) is 0 Å². The van der Waals surface area contributed by atoms with Crippen LogP contribution in [0.3, 0.4) is 0 Å². The van der Waals surface area contributed by atoms with Crippen LogP contribution in [0.2, 0.25) is 0 Å². The molecule has 0 spiro atoms. The molecule has 0 aliphatic heterocycles. The van der Waals surface area contributed by atoms with Crippen LogP contribution in [0, 0.1) is 0 Å². The number of hydrogen-bond donors (Lipinski definition) is 1. The van der Waals surface area contributed by atoms with Gasteiger partial charge in [0.2, 0.25) is 9.04 Å². The van der Waals surface area contributed by atoms with Crippen LogP contribution in [0.1, 0.15) is 0 Å². The zero-order valence-electron chi connectivity index (χ0n) is 6.66. The molecule has 0 radical (unpaired) electrons. The van der Waals surface area contributed by atoms with Crippen molar-refractivity contribution in [3.63, 3.8) is 0 Å². The van der Waals surface area contributed by atoms with E-state index in [9.17, 15) is 0 Å². The van der Waals surface area contributed by atoms with Crippen LogP contribution >= 0.6 is 0 Å². The molecular formula is C8H13NOSi. The highest BCUT2D eigenvalue weighted by molar-refractivity contribution is 6.67. The molecule has 0 aromatic heterocycles. The Bertz CT molecular complexity index is 199. The third-order valence-corrected chi connectivity index (χ3v) is 3.80. The van der Waals surface area contributed by atoms with Crippen molar-refractivity contribution in [1.82, 2.24) is 0 Å². The molecule has 0 aliphatic rings. The van der Waals surface area contributed by atoms with Crippen molar-refractivity contribution >= 4 is 14.2 Å². The first kappa shape index (κ1) is 8.45. The van der Waals surface area contributed by atoms with Crippen molar-refractivity contribution in [3.8, 4) is 0 Å². The maximum atomic E-state index is 5.55. The summed E-state index contributed by atoms with van der Waals surface area (Å²) in [5.41, 5.74) is 5.55. The maximum Gasteiger partial charge on any atom is 0.220 e. The number of nitrogens with two attached hydrogens (primary N) is 1. The second-order valence-corrected chi connectivity index (χ2v) is 4.96. The number of rotatable bonds is 3. The molecule has 0 aliphatic carbocycles. The fraction of sp³-hybridized carbons (Fsp3) is 0.250. The highest BCUT2D eigenvalue weighted by Crippen LogP contribution is 1.87. The van der Waals surface area contributed by atoms with Crippen LogP contribution in [0.5, 0.6) is 0 Å². The Morgan fingerprint density at radius 3 is 2.45 bits per heavy atom. The highest BCUT2D eigenvalue weighted by atomic mass is 28.3. The summed E-state index contributed by atoms with van der Waals surface area (Å²) in [6.07, 6.45) is 0.667. The quantitative estimate of drug-likeness (QED) is 0.631. The summed E-state index contributed by atoms with van der Waals surface area (Å²) in [5.74, 6) is 0. The summed E-state index contributed by atoms with van der Waals surface area (Å²) in [6.45, 7) is 0. The Kier molecular flexibility index (Phi) is 3.29. The lowest BCUT2D eigenvalue weighted by Gasteiger charge is -2.09. The summed E-state index contributed by atoms with van der Waals surface area (Å²) in [7, 11) is 0.460. The predicted molar refractivity (Wildman–Crippen MR) is 49.3 cm³/mol. The van der Waals surface area contributed by atoms with E-state index in [1.807, 2.05) is 18.2 Å². The Morgan fingerprint density at radius 1 is 1.36 bits per heavy atom. The lowest BCUT2D eigenvalue weighted by atomic mass is 10.4. The molecule has 1 rings (SSSR count). The van der Waals surface area contributed by atoms with Crippen LogP contribution in [0.15, 0.2) is 30.3 Å². The van der Waals surface area contributed by atoms with E-state index in [1.54, 1.807) is 7.11 Å². The topological polar surface area (TPSA) is 35.2 Å². The summed E-state index contributed by atoms with van der Waals surface area (Å²) >= 11 is 0. The highest BCUT2D eigenvalue weighted by Gasteiger charge is 2.08. The third kappa shape index (κ3) is 2.15. The van der Waals surface area contributed by atoms with E-state index in [4.69, 9.17) is 10.2 Å². The Hall–Kier alpha value is -0.643. The van der Waals surface area contributed by atoms with Crippen molar-refractivity contribution in [2.75, 3.05) is 13.3 Å². The molecule has 11 heavy (non-hydrogen) atoms. The van der Waals surface area contributed by atoms with Gasteiger partial charge in [-0.05, 0) is 5.19 Å². The van der Waals surface area contributed by atoms with Gasteiger partial charge in [-0.2, -0.15) is 0 Å². The van der Waals surface area contributed by atoms with E-state index in [1.165, 1.54) is 5.19 Å². The van der Waals surface area contributed by atoms with E-state index in [2.05, 4.69) is 12.1 Å². The lowest BCUT2D eigenvalue weighted by molar-refractivity contribution is 0.430. The fourth-order valence-corrected chi connectivity index (χ4v) is 2.42. The van der Waals surface area contributed by atoms with E-state index >= 15 is 0 Å². The molecule has 0 bridgehead atoms. The van der Waals surface area contributed by atoms with Gasteiger partial charge in [-0.1, -0.05) is 30.3 Å². The minimum absolute atomic E-state index is 0.667.